The Labute approximate surface area is 116 Å². The predicted molar refractivity (Wildman–Crippen MR) is 75.1 cm³/mol. The highest BCUT2D eigenvalue weighted by Crippen LogP contribution is 2.23. The molecule has 0 aliphatic rings. The standard InChI is InChI=1S/C14H17FN2OS/c1-9(16)14-10(2)17-13(19-14)7-8-18-12-5-3-11(15)4-6-12/h3-6,9H,7-8,16H2,1-2H3. The largest absolute Gasteiger partial charge is 0.493 e. The fraction of sp³-hybridized carbons (Fsp3) is 0.357. The Kier molecular flexibility index (Phi) is 4.50. The van der Waals surface area contributed by atoms with Crippen LogP contribution < -0.4 is 10.5 Å². The highest BCUT2D eigenvalue weighted by Gasteiger charge is 2.10. The van der Waals surface area contributed by atoms with Gasteiger partial charge in [-0.2, -0.15) is 0 Å². The van der Waals surface area contributed by atoms with Gasteiger partial charge in [0.1, 0.15) is 11.6 Å². The zero-order valence-electron chi connectivity index (χ0n) is 11.0. The third kappa shape index (κ3) is 3.75. The molecule has 1 aromatic heterocycles. The Bertz CT molecular complexity index is 537. The van der Waals surface area contributed by atoms with Gasteiger partial charge in [0.05, 0.1) is 17.3 Å². The number of halogens is 1. The fourth-order valence-corrected chi connectivity index (χ4v) is 2.78. The summed E-state index contributed by atoms with van der Waals surface area (Å²) < 4.78 is 18.3. The second-order valence-electron chi connectivity index (χ2n) is 4.40. The molecule has 0 aliphatic carbocycles. The molecule has 0 spiro atoms. The van der Waals surface area contributed by atoms with Crippen molar-refractivity contribution in [3.63, 3.8) is 0 Å². The van der Waals surface area contributed by atoms with Crippen molar-refractivity contribution in [1.29, 1.82) is 0 Å². The average Bonchev–Trinajstić information content (AvgIpc) is 2.73. The normalized spacial score (nSPS) is 12.4. The van der Waals surface area contributed by atoms with Gasteiger partial charge in [-0.15, -0.1) is 11.3 Å². The molecular weight excluding hydrogens is 263 g/mol. The highest BCUT2D eigenvalue weighted by atomic mass is 32.1. The van der Waals surface area contributed by atoms with E-state index in [1.54, 1.807) is 23.5 Å². The lowest BCUT2D eigenvalue weighted by molar-refractivity contribution is 0.321. The van der Waals surface area contributed by atoms with Crippen LogP contribution >= 0.6 is 11.3 Å². The molecule has 0 saturated heterocycles. The van der Waals surface area contributed by atoms with E-state index in [9.17, 15) is 4.39 Å². The summed E-state index contributed by atoms with van der Waals surface area (Å²) in [5, 5.41) is 1.02. The number of ether oxygens (including phenoxy) is 1. The van der Waals surface area contributed by atoms with Crippen molar-refractivity contribution in [3.05, 3.63) is 45.7 Å². The number of hydrogen-bond acceptors (Lipinski definition) is 4. The van der Waals surface area contributed by atoms with Crippen molar-refractivity contribution >= 4 is 11.3 Å². The van der Waals surface area contributed by atoms with E-state index in [2.05, 4.69) is 4.98 Å². The SMILES string of the molecule is Cc1nc(CCOc2ccc(F)cc2)sc1C(C)N. The van der Waals surface area contributed by atoms with E-state index >= 15 is 0 Å². The van der Waals surface area contributed by atoms with Gasteiger partial charge >= 0.3 is 0 Å². The summed E-state index contributed by atoms with van der Waals surface area (Å²) in [4.78, 5) is 5.60. The number of aryl methyl sites for hydroxylation is 1. The predicted octanol–water partition coefficient (Wildman–Crippen LogP) is 3.23. The molecule has 5 heteroatoms. The topological polar surface area (TPSA) is 48.1 Å². The number of benzene rings is 1. The third-order valence-electron chi connectivity index (χ3n) is 2.69. The number of rotatable bonds is 5. The smallest absolute Gasteiger partial charge is 0.123 e. The van der Waals surface area contributed by atoms with Crippen LogP contribution in [0.4, 0.5) is 4.39 Å². The fourth-order valence-electron chi connectivity index (χ4n) is 1.78. The van der Waals surface area contributed by atoms with Crippen molar-refractivity contribution in [2.75, 3.05) is 6.61 Å². The van der Waals surface area contributed by atoms with E-state index < -0.39 is 0 Å². The first-order valence-electron chi connectivity index (χ1n) is 6.16. The average molecular weight is 280 g/mol. The van der Waals surface area contributed by atoms with Gasteiger partial charge in [0.15, 0.2) is 0 Å². The maximum Gasteiger partial charge on any atom is 0.123 e. The minimum atomic E-state index is -0.260. The van der Waals surface area contributed by atoms with E-state index in [1.165, 1.54) is 12.1 Å². The first-order valence-corrected chi connectivity index (χ1v) is 6.98. The van der Waals surface area contributed by atoms with Crippen LogP contribution in [0.25, 0.3) is 0 Å². The number of aromatic nitrogens is 1. The van der Waals surface area contributed by atoms with Crippen molar-refractivity contribution in [3.8, 4) is 5.75 Å². The van der Waals surface area contributed by atoms with Crippen LogP contribution in [0.2, 0.25) is 0 Å². The molecule has 1 atom stereocenters. The van der Waals surface area contributed by atoms with Crippen LogP contribution in [0.15, 0.2) is 24.3 Å². The Morgan fingerprint density at radius 2 is 2.05 bits per heavy atom. The van der Waals surface area contributed by atoms with Gasteiger partial charge in [-0.25, -0.2) is 9.37 Å². The van der Waals surface area contributed by atoms with Crippen LogP contribution in [-0.2, 0) is 6.42 Å². The summed E-state index contributed by atoms with van der Waals surface area (Å²) in [6.45, 7) is 4.45. The first-order chi connectivity index (χ1) is 9.06. The van der Waals surface area contributed by atoms with Crippen LogP contribution in [0.1, 0.15) is 28.5 Å². The van der Waals surface area contributed by atoms with Crippen LogP contribution in [0.5, 0.6) is 5.75 Å². The van der Waals surface area contributed by atoms with E-state index in [-0.39, 0.29) is 11.9 Å². The van der Waals surface area contributed by atoms with Gasteiger partial charge in [-0.1, -0.05) is 0 Å². The van der Waals surface area contributed by atoms with E-state index in [1.807, 2.05) is 13.8 Å². The molecule has 102 valence electrons. The van der Waals surface area contributed by atoms with E-state index in [0.29, 0.717) is 12.4 Å². The van der Waals surface area contributed by atoms with Crippen molar-refractivity contribution in [1.82, 2.24) is 4.98 Å². The van der Waals surface area contributed by atoms with E-state index in [4.69, 9.17) is 10.5 Å². The summed E-state index contributed by atoms with van der Waals surface area (Å²) in [5.41, 5.74) is 6.86. The second kappa shape index (κ2) is 6.12. The molecule has 1 heterocycles. The number of nitrogens with zero attached hydrogens (tertiary/aromatic N) is 1. The zero-order chi connectivity index (χ0) is 13.8. The molecule has 0 bridgehead atoms. The Morgan fingerprint density at radius 1 is 1.37 bits per heavy atom. The maximum absolute atomic E-state index is 12.7. The monoisotopic (exact) mass is 280 g/mol. The minimum Gasteiger partial charge on any atom is -0.493 e. The number of thiazole rings is 1. The molecular formula is C14H17FN2OS. The second-order valence-corrected chi connectivity index (χ2v) is 5.51. The van der Waals surface area contributed by atoms with Gasteiger partial charge in [-0.05, 0) is 38.1 Å². The quantitative estimate of drug-likeness (QED) is 0.914. The van der Waals surface area contributed by atoms with Gasteiger partial charge in [-0.3, -0.25) is 0 Å². The lowest BCUT2D eigenvalue weighted by Crippen LogP contribution is -2.03. The molecule has 0 fully saturated rings. The molecule has 1 unspecified atom stereocenters. The molecule has 3 nitrogen and oxygen atoms in total. The summed E-state index contributed by atoms with van der Waals surface area (Å²) in [6.07, 6.45) is 0.732. The number of hydrogen-bond donors (Lipinski definition) is 1. The molecule has 2 N–H and O–H groups in total. The Morgan fingerprint density at radius 3 is 2.63 bits per heavy atom. The van der Waals surface area contributed by atoms with Crippen molar-refractivity contribution in [2.24, 2.45) is 5.73 Å². The molecule has 0 saturated carbocycles. The zero-order valence-corrected chi connectivity index (χ0v) is 11.8. The molecule has 19 heavy (non-hydrogen) atoms. The molecule has 1 aromatic carbocycles. The molecule has 0 radical (unpaired) electrons. The minimum absolute atomic E-state index is 0.0178. The van der Waals surface area contributed by atoms with Gasteiger partial charge in [0.2, 0.25) is 0 Å². The molecule has 0 amide bonds. The van der Waals surface area contributed by atoms with Crippen molar-refractivity contribution < 1.29 is 9.13 Å². The van der Waals surface area contributed by atoms with E-state index in [0.717, 1.165) is 22.0 Å². The Hall–Kier alpha value is -1.46. The van der Waals surface area contributed by atoms with Gasteiger partial charge < -0.3 is 10.5 Å². The summed E-state index contributed by atoms with van der Waals surface area (Å²) in [6, 6.07) is 6.03. The Balaban J connectivity index is 1.89. The molecule has 0 aliphatic heterocycles. The van der Waals surface area contributed by atoms with Gasteiger partial charge in [0, 0.05) is 17.3 Å². The lowest BCUT2D eigenvalue weighted by Gasteiger charge is -2.04. The lowest BCUT2D eigenvalue weighted by atomic mass is 10.2. The van der Waals surface area contributed by atoms with Gasteiger partial charge in [0.25, 0.3) is 0 Å². The molecule has 2 aromatic rings. The van der Waals surface area contributed by atoms with Crippen molar-refractivity contribution in [2.45, 2.75) is 26.3 Å². The van der Waals surface area contributed by atoms with Crippen LogP contribution in [-0.4, -0.2) is 11.6 Å². The highest BCUT2D eigenvalue weighted by molar-refractivity contribution is 7.11. The molecule has 2 rings (SSSR count). The third-order valence-corrected chi connectivity index (χ3v) is 4.11. The van der Waals surface area contributed by atoms with Crippen LogP contribution in [0, 0.1) is 12.7 Å². The summed E-state index contributed by atoms with van der Waals surface area (Å²) >= 11 is 1.63. The van der Waals surface area contributed by atoms with Crippen LogP contribution in [0.3, 0.4) is 0 Å². The summed E-state index contributed by atoms with van der Waals surface area (Å²) in [5.74, 6) is 0.409. The maximum atomic E-state index is 12.7. The summed E-state index contributed by atoms with van der Waals surface area (Å²) in [7, 11) is 0. The first kappa shape index (κ1) is 14.0. The number of nitrogens with two attached hydrogens (primary N) is 1.